The van der Waals surface area contributed by atoms with E-state index in [0.717, 1.165) is 56.1 Å². The van der Waals surface area contributed by atoms with E-state index in [0.29, 0.717) is 69.4 Å². The highest BCUT2D eigenvalue weighted by Gasteiger charge is 2.32. The Morgan fingerprint density at radius 1 is 0.686 bits per heavy atom. The van der Waals surface area contributed by atoms with Gasteiger partial charge in [-0.25, -0.2) is 8.42 Å². The number of amides is 1. The SMILES string of the molecule is CCS(=O)(=O)c1ccc(N2CCOCC2)c(C(=O)N2CCN(c3ccc(C(F)(F)F)cc3)CC2)c1.FC(F)(F)c1ccc(N2CCNCC2)cc1. The molecule has 1 N–H and O–H groups in total. The molecule has 3 aromatic rings. The molecule has 0 saturated carbocycles. The van der Waals surface area contributed by atoms with Gasteiger partial charge in [0, 0.05) is 82.5 Å². The van der Waals surface area contributed by atoms with Crippen LogP contribution in [-0.2, 0) is 26.9 Å². The number of carbonyl (C=O) groups is 1. The fourth-order valence-electron chi connectivity index (χ4n) is 6.11. The van der Waals surface area contributed by atoms with Crippen LogP contribution in [0.3, 0.4) is 0 Å². The number of ether oxygens (including phenoxy) is 1. The molecule has 1 amide bonds. The Morgan fingerprint density at radius 3 is 1.65 bits per heavy atom. The first-order valence-corrected chi connectivity index (χ1v) is 18.4. The van der Waals surface area contributed by atoms with Crippen molar-refractivity contribution in [1.29, 1.82) is 0 Å². The van der Waals surface area contributed by atoms with E-state index in [-0.39, 0.29) is 16.6 Å². The number of alkyl halides is 6. The van der Waals surface area contributed by atoms with E-state index >= 15 is 0 Å². The van der Waals surface area contributed by atoms with Gasteiger partial charge < -0.3 is 29.7 Å². The number of carbonyl (C=O) groups excluding carboxylic acids is 1. The van der Waals surface area contributed by atoms with Gasteiger partial charge in [0.2, 0.25) is 0 Å². The predicted molar refractivity (Wildman–Crippen MR) is 183 cm³/mol. The molecule has 0 unspecified atom stereocenters. The maximum absolute atomic E-state index is 13.6. The number of nitrogens with zero attached hydrogens (tertiary/aromatic N) is 4. The highest BCUT2D eigenvalue weighted by atomic mass is 32.2. The van der Waals surface area contributed by atoms with E-state index in [1.165, 1.54) is 30.3 Å². The number of hydrogen-bond acceptors (Lipinski definition) is 8. The summed E-state index contributed by atoms with van der Waals surface area (Å²) in [6, 6.07) is 15.0. The van der Waals surface area contributed by atoms with E-state index in [1.54, 1.807) is 24.0 Å². The van der Waals surface area contributed by atoms with Crippen LogP contribution < -0.4 is 20.0 Å². The van der Waals surface area contributed by atoms with E-state index in [4.69, 9.17) is 4.74 Å². The summed E-state index contributed by atoms with van der Waals surface area (Å²) in [6.07, 6.45) is -8.64. The second-order valence-corrected chi connectivity index (χ2v) is 14.6. The Balaban J connectivity index is 0.000000262. The zero-order chi connectivity index (χ0) is 36.8. The third-order valence-electron chi connectivity index (χ3n) is 9.09. The van der Waals surface area contributed by atoms with Crippen molar-refractivity contribution >= 4 is 32.8 Å². The fourth-order valence-corrected chi connectivity index (χ4v) is 7.02. The van der Waals surface area contributed by atoms with Crippen molar-refractivity contribution in [2.24, 2.45) is 0 Å². The summed E-state index contributed by atoms with van der Waals surface area (Å²) in [5.41, 5.74) is 1.24. The quantitative estimate of drug-likeness (QED) is 0.336. The van der Waals surface area contributed by atoms with Gasteiger partial charge in [-0.3, -0.25) is 4.79 Å². The van der Waals surface area contributed by atoms with Crippen molar-refractivity contribution < 1.29 is 44.3 Å². The number of rotatable bonds is 6. The highest BCUT2D eigenvalue weighted by molar-refractivity contribution is 7.91. The average Bonchev–Trinajstić information content (AvgIpc) is 3.15. The topological polar surface area (TPSA) is 85.4 Å². The predicted octanol–water partition coefficient (Wildman–Crippen LogP) is 5.41. The second kappa shape index (κ2) is 16.1. The smallest absolute Gasteiger partial charge is 0.378 e. The molecule has 0 aliphatic carbocycles. The lowest BCUT2D eigenvalue weighted by Crippen LogP contribution is -2.49. The Labute approximate surface area is 293 Å². The zero-order valence-corrected chi connectivity index (χ0v) is 29.0. The molecule has 0 bridgehead atoms. The van der Waals surface area contributed by atoms with Gasteiger partial charge in [-0.05, 0) is 66.7 Å². The van der Waals surface area contributed by atoms with E-state index in [9.17, 15) is 39.6 Å². The van der Waals surface area contributed by atoms with Crippen LogP contribution in [-0.4, -0.2) is 104 Å². The lowest BCUT2D eigenvalue weighted by Gasteiger charge is -2.37. The van der Waals surface area contributed by atoms with Crippen LogP contribution in [0.4, 0.5) is 43.4 Å². The summed E-state index contributed by atoms with van der Waals surface area (Å²) in [7, 11) is -3.49. The molecule has 3 fully saturated rings. The average molecular weight is 742 g/mol. The molecule has 3 aromatic carbocycles. The van der Waals surface area contributed by atoms with Crippen LogP contribution in [0.2, 0.25) is 0 Å². The molecule has 3 saturated heterocycles. The first-order valence-electron chi connectivity index (χ1n) is 16.7. The Hall–Kier alpha value is -4.02. The van der Waals surface area contributed by atoms with Gasteiger partial charge >= 0.3 is 12.4 Å². The molecule has 278 valence electrons. The summed E-state index contributed by atoms with van der Waals surface area (Å²) in [6.45, 7) is 8.88. The molecule has 3 aliphatic rings. The van der Waals surface area contributed by atoms with Crippen LogP contribution >= 0.6 is 0 Å². The molecule has 0 atom stereocenters. The lowest BCUT2D eigenvalue weighted by atomic mass is 10.1. The van der Waals surface area contributed by atoms with Gasteiger partial charge in [0.25, 0.3) is 5.91 Å². The number of halogens is 6. The number of piperazine rings is 2. The fraction of sp³-hybridized carbons (Fsp3) is 0.457. The molecule has 3 heterocycles. The highest BCUT2D eigenvalue weighted by Crippen LogP contribution is 2.32. The van der Waals surface area contributed by atoms with E-state index < -0.39 is 33.3 Å². The number of anilines is 3. The van der Waals surface area contributed by atoms with Crippen molar-refractivity contribution in [1.82, 2.24) is 10.2 Å². The third-order valence-corrected chi connectivity index (χ3v) is 10.8. The van der Waals surface area contributed by atoms with Crippen molar-refractivity contribution in [3.05, 3.63) is 83.4 Å². The zero-order valence-electron chi connectivity index (χ0n) is 28.1. The van der Waals surface area contributed by atoms with Gasteiger partial charge in [0.15, 0.2) is 9.84 Å². The molecule has 0 spiro atoms. The first kappa shape index (κ1) is 38.2. The van der Waals surface area contributed by atoms with Gasteiger partial charge in [0.05, 0.1) is 40.6 Å². The number of nitrogens with one attached hydrogen (secondary N) is 1. The van der Waals surface area contributed by atoms with Crippen LogP contribution in [0, 0.1) is 0 Å². The van der Waals surface area contributed by atoms with Crippen molar-refractivity contribution in [2.45, 2.75) is 24.2 Å². The molecule has 0 aromatic heterocycles. The van der Waals surface area contributed by atoms with Crippen LogP contribution in [0.15, 0.2) is 71.6 Å². The normalized spacial score (nSPS) is 17.5. The first-order chi connectivity index (χ1) is 24.2. The lowest BCUT2D eigenvalue weighted by molar-refractivity contribution is -0.138. The molecular formula is C35H41F6N5O4S. The Morgan fingerprint density at radius 2 is 1.18 bits per heavy atom. The molecule has 3 aliphatic heterocycles. The van der Waals surface area contributed by atoms with Crippen molar-refractivity contribution in [3.8, 4) is 0 Å². The Bertz CT molecular complexity index is 1720. The van der Waals surface area contributed by atoms with Crippen LogP contribution in [0.1, 0.15) is 28.4 Å². The van der Waals surface area contributed by atoms with Gasteiger partial charge in [-0.15, -0.1) is 0 Å². The largest absolute Gasteiger partial charge is 0.416 e. The molecule has 16 heteroatoms. The minimum Gasteiger partial charge on any atom is -0.378 e. The van der Waals surface area contributed by atoms with Crippen molar-refractivity contribution in [3.63, 3.8) is 0 Å². The molecule has 9 nitrogen and oxygen atoms in total. The number of morpholine rings is 1. The molecular weight excluding hydrogens is 700 g/mol. The van der Waals surface area contributed by atoms with E-state index in [1.807, 2.05) is 9.80 Å². The summed E-state index contributed by atoms with van der Waals surface area (Å²) in [4.78, 5) is 21.4. The molecule has 51 heavy (non-hydrogen) atoms. The third kappa shape index (κ3) is 9.65. The molecule has 0 radical (unpaired) electrons. The van der Waals surface area contributed by atoms with Crippen LogP contribution in [0.5, 0.6) is 0 Å². The molecule has 6 rings (SSSR count). The van der Waals surface area contributed by atoms with Crippen molar-refractivity contribution in [2.75, 3.05) is 99.1 Å². The summed E-state index contributed by atoms with van der Waals surface area (Å²) in [5, 5.41) is 3.20. The maximum Gasteiger partial charge on any atom is 0.416 e. The maximum atomic E-state index is 13.6. The number of sulfone groups is 1. The summed E-state index contributed by atoms with van der Waals surface area (Å²) in [5.74, 6) is -0.324. The number of hydrogen-bond donors (Lipinski definition) is 1. The number of benzene rings is 3. The summed E-state index contributed by atoms with van der Waals surface area (Å²) < 4.78 is 106. The van der Waals surface area contributed by atoms with E-state index in [2.05, 4.69) is 10.2 Å². The van der Waals surface area contributed by atoms with Gasteiger partial charge in [-0.2, -0.15) is 26.3 Å². The minimum absolute atomic E-state index is 0.0661. The minimum atomic E-state index is -4.39. The summed E-state index contributed by atoms with van der Waals surface area (Å²) >= 11 is 0. The Kier molecular flexibility index (Phi) is 12.1. The monoisotopic (exact) mass is 741 g/mol. The van der Waals surface area contributed by atoms with Gasteiger partial charge in [0.1, 0.15) is 0 Å². The van der Waals surface area contributed by atoms with Crippen LogP contribution in [0.25, 0.3) is 0 Å². The van der Waals surface area contributed by atoms with Gasteiger partial charge in [-0.1, -0.05) is 6.92 Å². The standard InChI is InChI=1S/C24H28F3N3O4S.C11H13F3N2/c1-2-35(32,33)20-7-8-22(29-13-15-34-16-14-29)21(17-20)23(31)30-11-9-28(10-12-30)19-5-3-18(4-6-19)24(25,26)27;12-11(13,14)9-1-3-10(4-2-9)16-7-5-15-6-8-16/h3-8,17H,2,9-16H2,1H3;1-4,15H,5-8H2. The second-order valence-electron chi connectivity index (χ2n) is 12.3.